The monoisotopic (exact) mass is 330 g/mol. The smallest absolute Gasteiger partial charge is 0.231 e. The summed E-state index contributed by atoms with van der Waals surface area (Å²) in [7, 11) is 0. The Balaban J connectivity index is 1.65. The van der Waals surface area contributed by atoms with Gasteiger partial charge in [0.05, 0.1) is 5.92 Å². The van der Waals surface area contributed by atoms with E-state index in [1.54, 1.807) is 12.4 Å². The molecule has 0 spiro atoms. The number of nitrogens with zero attached hydrogens (tertiary/aromatic N) is 1. The number of hydrogen-bond acceptors (Lipinski definition) is 2. The lowest BCUT2D eigenvalue weighted by atomic mass is 9.95. The van der Waals surface area contributed by atoms with E-state index in [4.69, 9.17) is 0 Å². The van der Waals surface area contributed by atoms with Crippen molar-refractivity contribution in [2.75, 3.05) is 5.32 Å². The normalized spacial score (nSPS) is 11.7. The molecule has 1 N–H and O–H groups in total. The van der Waals surface area contributed by atoms with Crippen molar-refractivity contribution in [3.05, 3.63) is 95.8 Å². The van der Waals surface area contributed by atoms with Gasteiger partial charge in [-0.3, -0.25) is 9.78 Å². The second-order valence-corrected chi connectivity index (χ2v) is 6.09. The van der Waals surface area contributed by atoms with Gasteiger partial charge < -0.3 is 5.32 Å². The maximum Gasteiger partial charge on any atom is 0.231 e. The molecule has 1 atom stereocenters. The van der Waals surface area contributed by atoms with Crippen LogP contribution in [0.25, 0.3) is 0 Å². The number of rotatable bonds is 6. The van der Waals surface area contributed by atoms with Crippen molar-refractivity contribution in [1.29, 1.82) is 0 Å². The Morgan fingerprint density at radius 1 is 0.920 bits per heavy atom. The van der Waals surface area contributed by atoms with Crippen LogP contribution in [0.3, 0.4) is 0 Å². The van der Waals surface area contributed by atoms with Gasteiger partial charge >= 0.3 is 0 Å². The highest BCUT2D eigenvalue weighted by Gasteiger charge is 2.18. The standard InChI is InChI=1S/C22H22N2O/c1-2-21(19-6-4-3-5-7-19)22(25)24-20-10-8-17(9-11-20)16-18-12-14-23-15-13-18/h3-15,21H,2,16H2,1H3,(H,24,25). The summed E-state index contributed by atoms with van der Waals surface area (Å²) >= 11 is 0. The van der Waals surface area contributed by atoms with Crippen LogP contribution in [-0.2, 0) is 11.2 Å². The van der Waals surface area contributed by atoms with E-state index in [9.17, 15) is 4.79 Å². The van der Waals surface area contributed by atoms with Crippen molar-refractivity contribution >= 4 is 11.6 Å². The summed E-state index contributed by atoms with van der Waals surface area (Å²) < 4.78 is 0. The van der Waals surface area contributed by atoms with Crippen LogP contribution >= 0.6 is 0 Å². The molecule has 3 heteroatoms. The van der Waals surface area contributed by atoms with Gasteiger partial charge in [0.1, 0.15) is 0 Å². The molecule has 0 saturated heterocycles. The zero-order valence-corrected chi connectivity index (χ0v) is 14.4. The first-order valence-electron chi connectivity index (χ1n) is 8.60. The molecule has 0 aliphatic heterocycles. The second-order valence-electron chi connectivity index (χ2n) is 6.09. The minimum Gasteiger partial charge on any atom is -0.326 e. The van der Waals surface area contributed by atoms with Crippen LogP contribution in [0, 0.1) is 0 Å². The Bertz CT molecular complexity index is 798. The third-order valence-corrected chi connectivity index (χ3v) is 4.31. The van der Waals surface area contributed by atoms with Crippen LogP contribution in [0.2, 0.25) is 0 Å². The highest BCUT2D eigenvalue weighted by molar-refractivity contribution is 5.95. The number of benzene rings is 2. The third-order valence-electron chi connectivity index (χ3n) is 4.31. The molecule has 0 radical (unpaired) electrons. The molecule has 1 unspecified atom stereocenters. The zero-order valence-electron chi connectivity index (χ0n) is 14.4. The van der Waals surface area contributed by atoms with Crippen molar-refractivity contribution in [3.8, 4) is 0 Å². The molecule has 25 heavy (non-hydrogen) atoms. The fourth-order valence-corrected chi connectivity index (χ4v) is 2.93. The van der Waals surface area contributed by atoms with Crippen molar-refractivity contribution in [2.24, 2.45) is 0 Å². The van der Waals surface area contributed by atoms with Crippen molar-refractivity contribution in [1.82, 2.24) is 4.98 Å². The van der Waals surface area contributed by atoms with Gasteiger partial charge in [-0.1, -0.05) is 49.4 Å². The number of carbonyl (C=O) groups is 1. The minimum atomic E-state index is -0.127. The summed E-state index contributed by atoms with van der Waals surface area (Å²) in [4.78, 5) is 16.6. The Morgan fingerprint density at radius 2 is 1.56 bits per heavy atom. The van der Waals surface area contributed by atoms with Gasteiger partial charge in [-0.25, -0.2) is 0 Å². The van der Waals surface area contributed by atoms with Crippen molar-refractivity contribution in [2.45, 2.75) is 25.7 Å². The van der Waals surface area contributed by atoms with E-state index in [0.717, 1.165) is 24.1 Å². The van der Waals surface area contributed by atoms with Gasteiger partial charge in [0.25, 0.3) is 0 Å². The van der Waals surface area contributed by atoms with Crippen LogP contribution < -0.4 is 5.32 Å². The predicted octanol–water partition coefficient (Wildman–Crippen LogP) is 4.80. The predicted molar refractivity (Wildman–Crippen MR) is 102 cm³/mol. The summed E-state index contributed by atoms with van der Waals surface area (Å²) in [6, 6.07) is 22.0. The first-order valence-corrected chi connectivity index (χ1v) is 8.60. The Morgan fingerprint density at radius 3 is 2.20 bits per heavy atom. The van der Waals surface area contributed by atoms with Crippen LogP contribution in [0.5, 0.6) is 0 Å². The van der Waals surface area contributed by atoms with Crippen LogP contribution in [0.15, 0.2) is 79.1 Å². The Labute approximate surface area is 148 Å². The van der Waals surface area contributed by atoms with Gasteiger partial charge in [0.15, 0.2) is 0 Å². The van der Waals surface area contributed by atoms with Gasteiger partial charge in [-0.05, 0) is 53.8 Å². The first-order chi connectivity index (χ1) is 12.3. The summed E-state index contributed by atoms with van der Waals surface area (Å²) in [5, 5.41) is 3.03. The van der Waals surface area contributed by atoms with E-state index >= 15 is 0 Å². The summed E-state index contributed by atoms with van der Waals surface area (Å²) in [6.45, 7) is 2.04. The molecular weight excluding hydrogens is 308 g/mol. The van der Waals surface area contributed by atoms with E-state index in [1.807, 2.05) is 61.5 Å². The van der Waals surface area contributed by atoms with Crippen LogP contribution in [0.4, 0.5) is 5.69 Å². The highest BCUT2D eigenvalue weighted by Crippen LogP contribution is 2.22. The summed E-state index contributed by atoms with van der Waals surface area (Å²) in [6.07, 6.45) is 5.24. The number of amides is 1. The second kappa shape index (κ2) is 8.25. The van der Waals surface area contributed by atoms with E-state index in [1.165, 1.54) is 11.1 Å². The molecule has 0 fully saturated rings. The molecule has 0 saturated carbocycles. The fourth-order valence-electron chi connectivity index (χ4n) is 2.93. The number of nitrogens with one attached hydrogen (secondary N) is 1. The van der Waals surface area contributed by atoms with Gasteiger partial charge in [0, 0.05) is 18.1 Å². The molecule has 3 rings (SSSR count). The average Bonchev–Trinajstić information content (AvgIpc) is 2.66. The van der Waals surface area contributed by atoms with Crippen molar-refractivity contribution in [3.63, 3.8) is 0 Å². The minimum absolute atomic E-state index is 0.0376. The van der Waals surface area contributed by atoms with E-state index < -0.39 is 0 Å². The van der Waals surface area contributed by atoms with Gasteiger partial charge in [-0.2, -0.15) is 0 Å². The number of hydrogen-bond donors (Lipinski definition) is 1. The molecule has 3 nitrogen and oxygen atoms in total. The molecule has 0 bridgehead atoms. The maximum atomic E-state index is 12.6. The fraction of sp³-hybridized carbons (Fsp3) is 0.182. The van der Waals surface area contributed by atoms with E-state index in [0.29, 0.717) is 0 Å². The van der Waals surface area contributed by atoms with Crippen molar-refractivity contribution < 1.29 is 4.79 Å². The van der Waals surface area contributed by atoms with Gasteiger partial charge in [-0.15, -0.1) is 0 Å². The Hall–Kier alpha value is -2.94. The molecule has 1 amide bonds. The number of anilines is 1. The van der Waals surface area contributed by atoms with Gasteiger partial charge in [0.2, 0.25) is 5.91 Å². The summed E-state index contributed by atoms with van der Waals surface area (Å²) in [5.74, 6) is -0.0896. The molecular formula is C22H22N2O. The summed E-state index contributed by atoms with van der Waals surface area (Å²) in [5.41, 5.74) is 4.32. The lowest BCUT2D eigenvalue weighted by Gasteiger charge is -2.15. The maximum absolute atomic E-state index is 12.6. The SMILES string of the molecule is CCC(C(=O)Nc1ccc(Cc2ccncc2)cc1)c1ccccc1. The molecule has 3 aromatic rings. The Kier molecular flexibility index (Phi) is 5.57. The average molecular weight is 330 g/mol. The molecule has 1 heterocycles. The lowest BCUT2D eigenvalue weighted by Crippen LogP contribution is -2.20. The van der Waals surface area contributed by atoms with Crippen LogP contribution in [-0.4, -0.2) is 10.9 Å². The third kappa shape index (κ3) is 4.54. The number of pyridine rings is 1. The number of aromatic nitrogens is 1. The molecule has 0 aliphatic carbocycles. The largest absolute Gasteiger partial charge is 0.326 e. The quantitative estimate of drug-likeness (QED) is 0.705. The van der Waals surface area contributed by atoms with Crippen LogP contribution in [0.1, 0.15) is 36.0 Å². The highest BCUT2D eigenvalue weighted by atomic mass is 16.1. The first kappa shape index (κ1) is 16.9. The lowest BCUT2D eigenvalue weighted by molar-refractivity contribution is -0.117. The molecule has 0 aliphatic rings. The molecule has 2 aromatic carbocycles. The molecule has 126 valence electrons. The van der Waals surface area contributed by atoms with E-state index in [2.05, 4.69) is 22.4 Å². The molecule has 1 aromatic heterocycles. The zero-order chi connectivity index (χ0) is 17.5. The number of carbonyl (C=O) groups excluding carboxylic acids is 1. The van der Waals surface area contributed by atoms with E-state index in [-0.39, 0.29) is 11.8 Å². The topological polar surface area (TPSA) is 42.0 Å².